The molecule has 0 saturated heterocycles. The van der Waals surface area contributed by atoms with Crippen molar-refractivity contribution in [3.05, 3.63) is 47.1 Å². The number of anilines is 2. The maximum absolute atomic E-state index is 14.8. The Kier molecular flexibility index (Phi) is 7.92. The topological polar surface area (TPSA) is 94.6 Å². The summed E-state index contributed by atoms with van der Waals surface area (Å²) >= 11 is 6.32. The second kappa shape index (κ2) is 10.3. The summed E-state index contributed by atoms with van der Waals surface area (Å²) in [6.45, 7) is 2.22. The van der Waals surface area contributed by atoms with Gasteiger partial charge in [0.15, 0.2) is 0 Å². The van der Waals surface area contributed by atoms with Crippen molar-refractivity contribution < 1.29 is 22.3 Å². The Morgan fingerprint density at radius 2 is 2.00 bits per heavy atom. The fourth-order valence-corrected chi connectivity index (χ4v) is 5.43. The van der Waals surface area contributed by atoms with E-state index in [1.807, 2.05) is 7.05 Å². The van der Waals surface area contributed by atoms with E-state index in [0.717, 1.165) is 43.9 Å². The zero-order valence-corrected chi connectivity index (χ0v) is 19.4. The Hall–Kier alpha value is -2.01. The number of nitrogens with one attached hydrogen (secondary N) is 2. The summed E-state index contributed by atoms with van der Waals surface area (Å²) in [7, 11) is -2.44. The minimum absolute atomic E-state index is 0.0403. The molecule has 1 aliphatic carbocycles. The first kappa shape index (κ1) is 24.6. The summed E-state index contributed by atoms with van der Waals surface area (Å²) in [4.78, 5) is 4.84. The average molecular weight is 489 g/mol. The predicted molar refractivity (Wildman–Crippen MR) is 120 cm³/mol. The van der Waals surface area contributed by atoms with Gasteiger partial charge in [-0.15, -0.1) is 0 Å². The molecule has 1 aromatic carbocycles. The number of hydrogen-bond acceptors (Lipinski definition) is 6. The molecule has 0 bridgehead atoms. The number of aromatic nitrogens is 1. The van der Waals surface area contributed by atoms with Crippen molar-refractivity contribution in [3.8, 4) is 0 Å². The molecular formula is C21H27ClF2N4O3S. The lowest BCUT2D eigenvalue weighted by molar-refractivity contribution is 0.0972. The van der Waals surface area contributed by atoms with Crippen LogP contribution in [-0.4, -0.2) is 55.2 Å². The van der Waals surface area contributed by atoms with Crippen LogP contribution in [0.4, 0.5) is 20.3 Å². The first-order valence-corrected chi connectivity index (χ1v) is 12.2. The second-order valence-electron chi connectivity index (χ2n) is 8.10. The number of halogens is 3. The van der Waals surface area contributed by atoms with E-state index in [2.05, 4.69) is 19.9 Å². The van der Waals surface area contributed by atoms with Gasteiger partial charge in [-0.25, -0.2) is 17.8 Å². The second-order valence-corrected chi connectivity index (χ2v) is 10.2. The number of pyridine rings is 1. The van der Waals surface area contributed by atoms with Crippen molar-refractivity contribution in [1.82, 2.24) is 9.88 Å². The molecule has 2 aromatic rings. The van der Waals surface area contributed by atoms with E-state index < -0.39 is 32.8 Å². The highest BCUT2D eigenvalue weighted by Gasteiger charge is 2.30. The van der Waals surface area contributed by atoms with E-state index >= 15 is 0 Å². The van der Waals surface area contributed by atoms with Crippen molar-refractivity contribution in [2.45, 2.75) is 55.7 Å². The normalized spacial score (nSPS) is 20.2. The van der Waals surface area contributed by atoms with Crippen molar-refractivity contribution in [2.24, 2.45) is 0 Å². The molecule has 0 radical (unpaired) electrons. The van der Waals surface area contributed by atoms with Gasteiger partial charge in [-0.05, 0) is 51.1 Å². The van der Waals surface area contributed by atoms with Gasteiger partial charge in [-0.3, -0.25) is 9.62 Å². The number of aliphatic hydroxyl groups excluding tert-OH is 1. The van der Waals surface area contributed by atoms with E-state index in [4.69, 9.17) is 11.6 Å². The van der Waals surface area contributed by atoms with Crippen molar-refractivity contribution in [2.75, 3.05) is 23.6 Å². The van der Waals surface area contributed by atoms with Gasteiger partial charge >= 0.3 is 0 Å². The first-order valence-electron chi connectivity index (χ1n) is 10.4. The lowest BCUT2D eigenvalue weighted by Crippen LogP contribution is -2.49. The summed E-state index contributed by atoms with van der Waals surface area (Å²) < 4.78 is 55.4. The van der Waals surface area contributed by atoms with Gasteiger partial charge < -0.3 is 10.4 Å². The van der Waals surface area contributed by atoms with E-state index in [1.165, 1.54) is 12.1 Å². The third-order valence-electron chi connectivity index (χ3n) is 5.45. The molecule has 7 nitrogen and oxygen atoms in total. The van der Waals surface area contributed by atoms with E-state index in [0.29, 0.717) is 6.54 Å². The van der Waals surface area contributed by atoms with Gasteiger partial charge in [-0.1, -0.05) is 30.5 Å². The van der Waals surface area contributed by atoms with Crippen LogP contribution >= 0.6 is 11.6 Å². The van der Waals surface area contributed by atoms with Crippen LogP contribution in [0, 0.1) is 11.8 Å². The molecular weight excluding hydrogens is 462 g/mol. The molecule has 3 rings (SSSR count). The molecule has 1 aromatic heterocycles. The molecule has 3 N–H and O–H groups in total. The minimum atomic E-state index is -4.37. The van der Waals surface area contributed by atoms with Gasteiger partial charge in [0, 0.05) is 18.6 Å². The van der Waals surface area contributed by atoms with Gasteiger partial charge in [0.25, 0.3) is 10.0 Å². The molecule has 11 heteroatoms. The highest BCUT2D eigenvalue weighted by atomic mass is 35.5. The maximum atomic E-state index is 14.8. The highest BCUT2D eigenvalue weighted by Crippen LogP contribution is 2.32. The number of nitrogens with zero attached hydrogens (tertiary/aromatic N) is 2. The van der Waals surface area contributed by atoms with Crippen LogP contribution in [0.3, 0.4) is 0 Å². The third kappa shape index (κ3) is 6.06. The van der Waals surface area contributed by atoms with E-state index in [-0.39, 0.29) is 28.6 Å². The Balaban J connectivity index is 1.82. The van der Waals surface area contributed by atoms with Crippen LogP contribution in [0.1, 0.15) is 32.6 Å². The van der Waals surface area contributed by atoms with E-state index in [9.17, 15) is 22.3 Å². The number of likely N-dealkylation sites (N-methyl/N-ethyl adjacent to an activating group) is 1. The smallest absolute Gasteiger partial charge is 0.266 e. The fourth-order valence-electron chi connectivity index (χ4n) is 4.06. The first-order chi connectivity index (χ1) is 15.1. The molecule has 3 atom stereocenters. The summed E-state index contributed by atoms with van der Waals surface area (Å²) in [5.41, 5.74) is 0.286. The summed E-state index contributed by atoms with van der Waals surface area (Å²) in [6, 6.07) is 5.75. The largest absolute Gasteiger partial charge is 0.392 e. The summed E-state index contributed by atoms with van der Waals surface area (Å²) in [5, 5.41) is 13.0. The molecule has 0 amide bonds. The van der Waals surface area contributed by atoms with Gasteiger partial charge in [0.05, 0.1) is 16.8 Å². The molecule has 0 aliphatic heterocycles. The van der Waals surface area contributed by atoms with Crippen LogP contribution in [0.25, 0.3) is 0 Å². The summed E-state index contributed by atoms with van der Waals surface area (Å²) in [5.74, 6) is -2.13. The van der Waals surface area contributed by atoms with Crippen LogP contribution in [0.5, 0.6) is 0 Å². The molecule has 1 heterocycles. The zero-order chi connectivity index (χ0) is 23.5. The average Bonchev–Trinajstić information content (AvgIpc) is 2.70. The number of sulfonamides is 1. The van der Waals surface area contributed by atoms with Gasteiger partial charge in [-0.2, -0.15) is 4.39 Å². The van der Waals surface area contributed by atoms with Crippen LogP contribution in [0.15, 0.2) is 35.2 Å². The Labute approximate surface area is 191 Å². The standard InChI is InChI=1S/C21H27ClF2N4O3S/c1-13(29)12-28(2)18-7-4-3-6-16(18)25-17-11-15(23)19(10-14(17)22)32(30,31)27-21-9-5-8-20(24)26-21/h5,8-11,13,16,18,25,29H,3-4,6-7,12H2,1-2H3,(H,26,27)/t13?,16?,18-/m0/s1. The lowest BCUT2D eigenvalue weighted by Gasteiger charge is -2.39. The van der Waals surface area contributed by atoms with Crippen molar-refractivity contribution in [1.29, 1.82) is 0 Å². The minimum Gasteiger partial charge on any atom is -0.392 e. The van der Waals surface area contributed by atoms with Gasteiger partial charge in [0.1, 0.15) is 16.5 Å². The number of benzene rings is 1. The third-order valence-corrected chi connectivity index (χ3v) is 7.14. The van der Waals surface area contributed by atoms with Crippen LogP contribution < -0.4 is 10.0 Å². The number of hydrogen-bond donors (Lipinski definition) is 3. The van der Waals surface area contributed by atoms with Crippen molar-refractivity contribution >= 4 is 33.1 Å². The molecule has 2 unspecified atom stereocenters. The number of aliphatic hydroxyl groups is 1. The molecule has 0 spiro atoms. The molecule has 1 saturated carbocycles. The Morgan fingerprint density at radius 3 is 2.69 bits per heavy atom. The maximum Gasteiger partial charge on any atom is 0.266 e. The Morgan fingerprint density at radius 1 is 1.28 bits per heavy atom. The molecule has 32 heavy (non-hydrogen) atoms. The van der Waals surface area contributed by atoms with Gasteiger partial charge in [0.2, 0.25) is 5.95 Å². The SMILES string of the molecule is CC(O)CN(C)[C@H]1CCCCC1Nc1cc(F)c(S(=O)(=O)Nc2cccc(F)n2)cc1Cl. The quantitative estimate of drug-likeness (QED) is 0.489. The predicted octanol–water partition coefficient (Wildman–Crippen LogP) is 3.85. The lowest BCUT2D eigenvalue weighted by atomic mass is 9.89. The molecule has 1 fully saturated rings. The van der Waals surface area contributed by atoms with Crippen LogP contribution in [0.2, 0.25) is 5.02 Å². The van der Waals surface area contributed by atoms with Crippen LogP contribution in [-0.2, 0) is 10.0 Å². The molecule has 176 valence electrons. The summed E-state index contributed by atoms with van der Waals surface area (Å²) in [6.07, 6.45) is 3.31. The van der Waals surface area contributed by atoms with E-state index in [1.54, 1.807) is 6.92 Å². The zero-order valence-electron chi connectivity index (χ0n) is 17.9. The highest BCUT2D eigenvalue weighted by molar-refractivity contribution is 7.92. The fraction of sp³-hybridized carbons (Fsp3) is 0.476. The van der Waals surface area contributed by atoms with Crippen molar-refractivity contribution in [3.63, 3.8) is 0 Å². The molecule has 1 aliphatic rings. The monoisotopic (exact) mass is 488 g/mol. The Bertz CT molecular complexity index is 1060. The number of rotatable bonds is 8.